The summed E-state index contributed by atoms with van der Waals surface area (Å²) in [4.78, 5) is 0. The highest BCUT2D eigenvalue weighted by Gasteiger charge is 2.37. The molecule has 0 amide bonds. The Morgan fingerprint density at radius 2 is 1.46 bits per heavy atom. The Hall–Kier alpha value is -1.38. The number of hydrogen-bond acceptors (Lipinski definition) is 1. The summed E-state index contributed by atoms with van der Waals surface area (Å²) in [7, 11) is 0. The predicted octanol–water partition coefficient (Wildman–Crippen LogP) is 10.8. The summed E-state index contributed by atoms with van der Waals surface area (Å²) in [6, 6.07) is 3.40. The van der Waals surface area contributed by atoms with Crippen molar-refractivity contribution in [1.82, 2.24) is 0 Å². The number of ether oxygens (including phenoxy) is 1. The molecule has 0 heterocycles. The molecule has 0 bridgehead atoms. The first kappa shape index (κ1) is 28.6. The van der Waals surface area contributed by atoms with Gasteiger partial charge in [0.2, 0.25) is 5.82 Å². The lowest BCUT2D eigenvalue weighted by atomic mass is 9.63. The smallest absolute Gasteiger partial charge is 0.200 e. The lowest BCUT2D eigenvalue weighted by Crippen LogP contribution is -2.31. The highest BCUT2D eigenvalue weighted by Crippen LogP contribution is 2.49. The van der Waals surface area contributed by atoms with Crippen LogP contribution in [0.25, 0.3) is 0 Å². The molecule has 0 aliphatic heterocycles. The quantitative estimate of drug-likeness (QED) is 0.188. The molecular formula is C34H52F2O. The van der Waals surface area contributed by atoms with Crippen molar-refractivity contribution in [2.45, 2.75) is 128 Å². The minimum atomic E-state index is -0.821. The van der Waals surface area contributed by atoms with E-state index in [0.717, 1.165) is 36.5 Å². The minimum absolute atomic E-state index is 0.0257. The van der Waals surface area contributed by atoms with Gasteiger partial charge in [-0.3, -0.25) is 0 Å². The van der Waals surface area contributed by atoms with Gasteiger partial charge in [-0.2, -0.15) is 4.39 Å². The molecule has 208 valence electrons. The van der Waals surface area contributed by atoms with Crippen molar-refractivity contribution in [3.05, 3.63) is 42.0 Å². The molecule has 4 unspecified atom stereocenters. The van der Waals surface area contributed by atoms with E-state index < -0.39 is 11.6 Å². The summed E-state index contributed by atoms with van der Waals surface area (Å²) in [6.45, 7) is 6.27. The zero-order chi connectivity index (χ0) is 26.0. The second-order valence-corrected chi connectivity index (χ2v) is 12.7. The molecule has 1 aromatic carbocycles. The van der Waals surface area contributed by atoms with E-state index in [-0.39, 0.29) is 11.7 Å². The molecule has 37 heavy (non-hydrogen) atoms. The van der Waals surface area contributed by atoms with Gasteiger partial charge in [0, 0.05) is 0 Å². The maximum Gasteiger partial charge on any atom is 0.200 e. The normalized spacial score (nSPS) is 30.0. The molecule has 0 saturated heterocycles. The van der Waals surface area contributed by atoms with Crippen molar-refractivity contribution >= 4 is 0 Å². The highest BCUT2D eigenvalue weighted by atomic mass is 19.2. The molecule has 3 saturated carbocycles. The molecular weight excluding hydrogens is 462 g/mol. The number of unbranched alkanes of at least 4 members (excludes halogenated alkanes) is 3. The maximum absolute atomic E-state index is 15.0. The predicted molar refractivity (Wildman–Crippen MR) is 151 cm³/mol. The molecule has 0 spiro atoms. The number of halogens is 2. The fraction of sp³-hybridized carbons (Fsp3) is 0.765. The summed E-state index contributed by atoms with van der Waals surface area (Å²) in [5.41, 5.74) is 0.565. The summed E-state index contributed by atoms with van der Waals surface area (Å²) in [6.07, 6.45) is 25.4. The van der Waals surface area contributed by atoms with Gasteiger partial charge >= 0.3 is 0 Å². The van der Waals surface area contributed by atoms with Crippen LogP contribution in [-0.4, -0.2) is 6.61 Å². The van der Waals surface area contributed by atoms with E-state index in [0.29, 0.717) is 24.5 Å². The maximum atomic E-state index is 15.0. The second kappa shape index (κ2) is 14.7. The third-order valence-corrected chi connectivity index (χ3v) is 10.2. The third-order valence-electron chi connectivity index (χ3n) is 10.2. The first-order valence-electron chi connectivity index (χ1n) is 15.8. The Bertz CT molecular complexity index is 827. The molecule has 3 aliphatic carbocycles. The number of rotatable bonds is 13. The lowest BCUT2D eigenvalue weighted by molar-refractivity contribution is 0.107. The van der Waals surface area contributed by atoms with Gasteiger partial charge in [-0.25, -0.2) is 4.39 Å². The summed E-state index contributed by atoms with van der Waals surface area (Å²) < 4.78 is 35.0. The largest absolute Gasteiger partial charge is 0.490 e. The molecule has 1 nitrogen and oxygen atoms in total. The van der Waals surface area contributed by atoms with Crippen molar-refractivity contribution in [3.8, 4) is 5.75 Å². The Morgan fingerprint density at radius 3 is 2.22 bits per heavy atom. The Kier molecular flexibility index (Phi) is 11.4. The van der Waals surface area contributed by atoms with Crippen molar-refractivity contribution in [2.75, 3.05) is 6.61 Å². The first-order chi connectivity index (χ1) is 18.1. The minimum Gasteiger partial charge on any atom is -0.490 e. The van der Waals surface area contributed by atoms with E-state index in [4.69, 9.17) is 4.74 Å². The Balaban J connectivity index is 1.18. The van der Waals surface area contributed by atoms with Gasteiger partial charge in [-0.05, 0) is 85.7 Å². The fourth-order valence-corrected chi connectivity index (χ4v) is 7.90. The van der Waals surface area contributed by atoms with Crippen molar-refractivity contribution in [2.24, 2.45) is 29.6 Å². The summed E-state index contributed by atoms with van der Waals surface area (Å²) in [5.74, 6) is 3.02. The van der Waals surface area contributed by atoms with Crippen LogP contribution < -0.4 is 4.74 Å². The van der Waals surface area contributed by atoms with Gasteiger partial charge in [0.25, 0.3) is 0 Å². The first-order valence-corrected chi connectivity index (χ1v) is 15.8. The van der Waals surface area contributed by atoms with Crippen LogP contribution in [0.4, 0.5) is 8.78 Å². The average molecular weight is 515 g/mol. The SMILES string of the molecule is C=CCCOc1ccc(C2CCC3CC(CCC4CCC(CCCCCC)CC4)CCC3C2)c(F)c1F. The second-order valence-electron chi connectivity index (χ2n) is 12.7. The van der Waals surface area contributed by atoms with Crippen LogP contribution in [0.5, 0.6) is 5.75 Å². The van der Waals surface area contributed by atoms with Crippen LogP contribution in [0.3, 0.4) is 0 Å². The van der Waals surface area contributed by atoms with Crippen LogP contribution in [0.15, 0.2) is 24.8 Å². The van der Waals surface area contributed by atoms with E-state index >= 15 is 0 Å². The molecule has 3 aliphatic rings. The number of fused-ring (bicyclic) bond motifs is 1. The van der Waals surface area contributed by atoms with E-state index in [1.807, 2.05) is 0 Å². The zero-order valence-corrected chi connectivity index (χ0v) is 23.5. The third kappa shape index (κ3) is 8.06. The van der Waals surface area contributed by atoms with Gasteiger partial charge in [0.1, 0.15) is 0 Å². The van der Waals surface area contributed by atoms with E-state index in [2.05, 4.69) is 13.5 Å². The lowest BCUT2D eigenvalue weighted by Gasteiger charge is -2.43. The van der Waals surface area contributed by atoms with Crippen LogP contribution in [0, 0.1) is 41.2 Å². The molecule has 0 radical (unpaired) electrons. The molecule has 3 heteroatoms. The molecule has 3 fully saturated rings. The number of benzene rings is 1. The number of hydrogen-bond donors (Lipinski definition) is 0. The summed E-state index contributed by atoms with van der Waals surface area (Å²) in [5, 5.41) is 0. The van der Waals surface area contributed by atoms with Crippen LogP contribution in [0.1, 0.15) is 134 Å². The van der Waals surface area contributed by atoms with Gasteiger partial charge in [-0.15, -0.1) is 6.58 Å². The van der Waals surface area contributed by atoms with Crippen LogP contribution in [-0.2, 0) is 0 Å². The van der Waals surface area contributed by atoms with Crippen molar-refractivity contribution in [1.29, 1.82) is 0 Å². The molecule has 4 rings (SSSR count). The van der Waals surface area contributed by atoms with Gasteiger partial charge < -0.3 is 4.74 Å². The van der Waals surface area contributed by atoms with Crippen molar-refractivity contribution in [3.63, 3.8) is 0 Å². The van der Waals surface area contributed by atoms with Gasteiger partial charge in [0.05, 0.1) is 6.61 Å². The van der Waals surface area contributed by atoms with Gasteiger partial charge in [-0.1, -0.05) is 96.1 Å². The molecule has 1 aromatic rings. The van der Waals surface area contributed by atoms with E-state index in [1.165, 1.54) is 96.3 Å². The van der Waals surface area contributed by atoms with Crippen LogP contribution in [0.2, 0.25) is 0 Å². The summed E-state index contributed by atoms with van der Waals surface area (Å²) >= 11 is 0. The Morgan fingerprint density at radius 1 is 0.784 bits per heavy atom. The molecule has 0 N–H and O–H groups in total. The van der Waals surface area contributed by atoms with Crippen molar-refractivity contribution < 1.29 is 13.5 Å². The van der Waals surface area contributed by atoms with E-state index in [1.54, 1.807) is 18.2 Å². The highest BCUT2D eigenvalue weighted by molar-refractivity contribution is 5.33. The van der Waals surface area contributed by atoms with E-state index in [9.17, 15) is 8.78 Å². The molecule has 0 aromatic heterocycles. The topological polar surface area (TPSA) is 9.23 Å². The standard InChI is InChI=1S/C34H52F2O/c1-3-5-7-8-9-25-10-12-26(13-11-25)14-15-27-16-17-29-24-30(19-18-28(29)23-27)31-20-21-32(34(36)33(31)35)37-22-6-4-2/h4,20-21,25-30H,2-3,5-19,22-24H2,1H3. The van der Waals surface area contributed by atoms with Crippen LogP contribution >= 0.6 is 0 Å². The average Bonchev–Trinajstić information content (AvgIpc) is 2.93. The fourth-order valence-electron chi connectivity index (χ4n) is 7.90. The molecule has 4 atom stereocenters. The Labute approximate surface area is 225 Å². The monoisotopic (exact) mass is 514 g/mol. The zero-order valence-electron chi connectivity index (χ0n) is 23.5. The van der Waals surface area contributed by atoms with Gasteiger partial charge in [0.15, 0.2) is 11.6 Å².